The van der Waals surface area contributed by atoms with Crippen molar-refractivity contribution in [3.63, 3.8) is 0 Å². The summed E-state index contributed by atoms with van der Waals surface area (Å²) in [4.78, 5) is 35.6. The van der Waals surface area contributed by atoms with Crippen LogP contribution in [-0.2, 0) is 19.6 Å². The first-order valence-corrected chi connectivity index (χ1v) is 15.9. The number of ether oxygens (including phenoxy) is 1. The average Bonchev–Trinajstić information content (AvgIpc) is 3.75. The number of amides is 1. The number of aromatic nitrogens is 1. The molecule has 0 N–H and O–H groups in total. The summed E-state index contributed by atoms with van der Waals surface area (Å²) in [6, 6.07) is 11.1. The molecule has 42 heavy (non-hydrogen) atoms. The smallest absolute Gasteiger partial charge is 0.323 e. The first kappa shape index (κ1) is 29.6. The van der Waals surface area contributed by atoms with Crippen LogP contribution in [0.5, 0.6) is 0 Å². The number of ketones is 1. The molecule has 3 heterocycles. The van der Waals surface area contributed by atoms with Crippen molar-refractivity contribution >= 4 is 44.8 Å². The predicted molar refractivity (Wildman–Crippen MR) is 158 cm³/mol. The summed E-state index contributed by atoms with van der Waals surface area (Å²) in [7, 11) is -1.97. The molecule has 1 saturated heterocycles. The highest BCUT2D eigenvalue weighted by atomic mass is 32.2. The number of sulfonamides is 1. The van der Waals surface area contributed by atoms with Crippen LogP contribution < -0.4 is 4.31 Å². The molecule has 222 valence electrons. The van der Waals surface area contributed by atoms with Crippen LogP contribution in [0.25, 0.3) is 28.0 Å². The molecule has 5 rings (SSSR count). The number of Topliss-reactive ketones (excluding diaryl/α,β-unsaturated/α-hetero) is 1. The number of aryl methyl sites for hydroxylation is 1. The lowest BCUT2D eigenvalue weighted by Gasteiger charge is -2.34. The molecule has 11 nitrogen and oxygen atoms in total. The molecule has 1 aliphatic carbocycles. The average molecular weight is 594 g/mol. The lowest BCUT2D eigenvalue weighted by atomic mass is 9.73. The van der Waals surface area contributed by atoms with Gasteiger partial charge in [-0.1, -0.05) is 29.8 Å². The first-order valence-electron chi connectivity index (χ1n) is 14.1. The summed E-state index contributed by atoms with van der Waals surface area (Å²) < 4.78 is 38.7. The Hall–Kier alpha value is -3.86. The van der Waals surface area contributed by atoms with E-state index in [4.69, 9.17) is 14.7 Å². The number of carbonyl (C=O) groups is 2. The standard InChI is InChI=1S/C30H35N5O6S/c1-20-5-7-21(8-6-20)27-26(29(37)34(2)22-9-10-22)23-11-12-25(33-28(23)41-27)35(42(3,38)39)16-4-13-30(24(36)19-32-31)14-17-40-18-15-30/h5-8,11-12,19,22H,4,9-10,13-18H2,1-3H3. The summed E-state index contributed by atoms with van der Waals surface area (Å²) >= 11 is 0. The molecular weight excluding hydrogens is 558 g/mol. The molecule has 1 aromatic carbocycles. The zero-order valence-electron chi connectivity index (χ0n) is 24.1. The lowest BCUT2D eigenvalue weighted by Crippen LogP contribution is -2.39. The summed E-state index contributed by atoms with van der Waals surface area (Å²) in [5.41, 5.74) is 10.5. The third kappa shape index (κ3) is 6.01. The highest BCUT2D eigenvalue weighted by molar-refractivity contribution is 7.92. The van der Waals surface area contributed by atoms with Gasteiger partial charge in [-0.25, -0.2) is 8.42 Å². The fraction of sp³-hybridized carbons (Fsp3) is 0.467. The number of benzene rings is 1. The number of rotatable bonds is 11. The van der Waals surface area contributed by atoms with Crippen molar-refractivity contribution in [3.05, 3.63) is 53.1 Å². The van der Waals surface area contributed by atoms with Crippen molar-refractivity contribution in [1.29, 1.82) is 0 Å². The third-order valence-electron chi connectivity index (χ3n) is 8.30. The van der Waals surface area contributed by atoms with Gasteiger partial charge in [0.15, 0.2) is 0 Å². The van der Waals surface area contributed by atoms with Gasteiger partial charge in [0, 0.05) is 43.8 Å². The van der Waals surface area contributed by atoms with Gasteiger partial charge >= 0.3 is 6.21 Å². The summed E-state index contributed by atoms with van der Waals surface area (Å²) in [6.45, 7) is 2.85. The largest absolute Gasteiger partial charge is 0.437 e. The third-order valence-corrected chi connectivity index (χ3v) is 9.47. The van der Waals surface area contributed by atoms with Gasteiger partial charge in [-0.3, -0.25) is 13.9 Å². The van der Waals surface area contributed by atoms with E-state index in [0.29, 0.717) is 55.6 Å². The highest BCUT2D eigenvalue weighted by Gasteiger charge is 2.41. The van der Waals surface area contributed by atoms with Crippen molar-refractivity contribution in [1.82, 2.24) is 9.88 Å². The SMILES string of the molecule is Cc1ccc(-c2oc3nc(N(CCCC4(C(=O)C=[N+]=[N-])CCOCC4)S(C)(=O)=O)ccc3c2C(=O)N(C)C2CC2)cc1. The van der Waals surface area contributed by atoms with Crippen molar-refractivity contribution in [2.24, 2.45) is 5.41 Å². The molecule has 0 unspecified atom stereocenters. The van der Waals surface area contributed by atoms with Crippen molar-refractivity contribution in [2.45, 2.75) is 51.5 Å². The molecule has 3 aromatic rings. The Morgan fingerprint density at radius 2 is 1.83 bits per heavy atom. The van der Waals surface area contributed by atoms with Crippen LogP contribution in [0.15, 0.2) is 40.8 Å². The van der Waals surface area contributed by atoms with Crippen LogP contribution in [0.3, 0.4) is 0 Å². The normalized spacial score (nSPS) is 16.5. The number of hydrogen-bond donors (Lipinski definition) is 0. The predicted octanol–water partition coefficient (Wildman–Crippen LogP) is 4.25. The van der Waals surface area contributed by atoms with E-state index >= 15 is 0 Å². The molecule has 2 aromatic heterocycles. The highest BCUT2D eigenvalue weighted by Crippen LogP contribution is 2.38. The van der Waals surface area contributed by atoms with Gasteiger partial charge in [-0.05, 0) is 57.6 Å². The van der Waals surface area contributed by atoms with Gasteiger partial charge in [0.05, 0.1) is 17.2 Å². The van der Waals surface area contributed by atoms with Crippen LogP contribution in [0, 0.1) is 12.3 Å². The number of nitrogens with zero attached hydrogens (tertiary/aromatic N) is 5. The van der Waals surface area contributed by atoms with Gasteiger partial charge in [-0.2, -0.15) is 9.77 Å². The first-order chi connectivity index (χ1) is 20.0. The second-order valence-electron chi connectivity index (χ2n) is 11.3. The van der Waals surface area contributed by atoms with E-state index in [1.807, 2.05) is 31.2 Å². The Morgan fingerprint density at radius 3 is 2.45 bits per heavy atom. The molecule has 0 spiro atoms. The van der Waals surface area contributed by atoms with Gasteiger partial charge in [0.25, 0.3) is 5.91 Å². The Bertz CT molecular complexity index is 1650. The van der Waals surface area contributed by atoms with Crippen LogP contribution in [0.1, 0.15) is 54.4 Å². The van der Waals surface area contributed by atoms with Gasteiger partial charge < -0.3 is 19.6 Å². The Labute approximate surface area is 245 Å². The fourth-order valence-corrected chi connectivity index (χ4v) is 6.52. The number of carbonyl (C=O) groups excluding carboxylic acids is 2. The molecular formula is C30H35N5O6S. The summed E-state index contributed by atoms with van der Waals surface area (Å²) in [5, 5.41) is 0.510. The zero-order chi connectivity index (χ0) is 30.1. The molecule has 2 aliphatic rings. The molecule has 0 radical (unpaired) electrons. The molecule has 1 saturated carbocycles. The summed E-state index contributed by atoms with van der Waals surface area (Å²) in [5.74, 6) is 0.0853. The molecule has 12 heteroatoms. The number of hydrogen-bond acceptors (Lipinski definition) is 7. The van der Waals surface area contributed by atoms with E-state index < -0.39 is 15.4 Å². The second-order valence-corrected chi connectivity index (χ2v) is 13.2. The van der Waals surface area contributed by atoms with Gasteiger partial charge in [0.2, 0.25) is 21.5 Å². The molecule has 1 aliphatic heterocycles. The fourth-order valence-electron chi connectivity index (χ4n) is 5.61. The van der Waals surface area contributed by atoms with Crippen LogP contribution in [-0.4, -0.2) is 80.1 Å². The Kier molecular flexibility index (Phi) is 8.32. The quantitative estimate of drug-likeness (QED) is 0.183. The topological polar surface area (TPSA) is 146 Å². The molecule has 2 fully saturated rings. The monoisotopic (exact) mass is 593 g/mol. The minimum absolute atomic E-state index is 0.0746. The van der Waals surface area contributed by atoms with E-state index in [2.05, 4.69) is 9.77 Å². The number of pyridine rings is 1. The summed E-state index contributed by atoms with van der Waals surface area (Å²) in [6.07, 6.45) is 5.60. The molecule has 0 bridgehead atoms. The van der Waals surface area contributed by atoms with E-state index in [-0.39, 0.29) is 35.8 Å². The van der Waals surface area contributed by atoms with E-state index in [1.54, 1.807) is 24.1 Å². The Balaban J connectivity index is 1.48. The minimum atomic E-state index is -3.75. The second kappa shape index (κ2) is 11.8. The van der Waals surface area contributed by atoms with Crippen LogP contribution in [0.2, 0.25) is 0 Å². The van der Waals surface area contributed by atoms with E-state index in [0.717, 1.165) is 36.4 Å². The van der Waals surface area contributed by atoms with E-state index in [9.17, 15) is 18.0 Å². The maximum absolute atomic E-state index is 13.6. The van der Waals surface area contributed by atoms with Crippen LogP contribution in [0.4, 0.5) is 5.82 Å². The van der Waals surface area contributed by atoms with Crippen molar-refractivity contribution < 1.29 is 32.0 Å². The molecule has 1 amide bonds. The van der Waals surface area contributed by atoms with E-state index in [1.165, 1.54) is 4.31 Å². The minimum Gasteiger partial charge on any atom is -0.437 e. The number of fused-ring (bicyclic) bond motifs is 1. The molecule has 0 atom stereocenters. The number of anilines is 1. The zero-order valence-corrected chi connectivity index (χ0v) is 24.9. The van der Waals surface area contributed by atoms with Crippen molar-refractivity contribution in [3.8, 4) is 11.3 Å². The van der Waals surface area contributed by atoms with Gasteiger partial charge in [0.1, 0.15) is 11.6 Å². The maximum Gasteiger partial charge on any atom is 0.323 e. The maximum atomic E-state index is 13.6. The Morgan fingerprint density at radius 1 is 1.14 bits per heavy atom. The van der Waals surface area contributed by atoms with Crippen molar-refractivity contribution in [2.75, 3.05) is 37.4 Å². The lowest BCUT2D eigenvalue weighted by molar-refractivity contribution is -0.131. The van der Waals surface area contributed by atoms with Crippen LogP contribution >= 0.6 is 0 Å². The number of furan rings is 1. The van der Waals surface area contributed by atoms with Gasteiger partial charge in [-0.15, -0.1) is 0 Å².